The van der Waals surface area contributed by atoms with Crippen LogP contribution < -0.4 is 10.6 Å². The average Bonchev–Trinajstić information content (AvgIpc) is 2.58. The molecule has 0 fully saturated rings. The third kappa shape index (κ3) is 4.21. The number of hydrogen-bond donors (Lipinski definition) is 2. The fourth-order valence-electron chi connectivity index (χ4n) is 2.01. The summed E-state index contributed by atoms with van der Waals surface area (Å²) in [5, 5.41) is 12.8. The molecule has 3 aromatic rings. The van der Waals surface area contributed by atoms with Gasteiger partial charge in [0.05, 0.1) is 11.8 Å². The van der Waals surface area contributed by atoms with Gasteiger partial charge >= 0.3 is 6.18 Å². The van der Waals surface area contributed by atoms with E-state index < -0.39 is 23.4 Å². The van der Waals surface area contributed by atoms with Crippen molar-refractivity contribution in [1.29, 1.82) is 0 Å². The lowest BCUT2D eigenvalue weighted by Gasteiger charge is -2.10. The Bertz CT molecular complexity index is 912. The molecule has 2 aromatic carbocycles. The van der Waals surface area contributed by atoms with Gasteiger partial charge in [0.2, 0.25) is 5.95 Å². The first kappa shape index (κ1) is 17.5. The first-order chi connectivity index (χ1) is 12.3. The monoisotopic (exact) mass is 367 g/mol. The number of nitrogens with one attached hydrogen (secondary N) is 2. The Morgan fingerprint density at radius 1 is 0.808 bits per heavy atom. The molecule has 0 saturated heterocycles. The largest absolute Gasteiger partial charge is 0.416 e. The van der Waals surface area contributed by atoms with E-state index in [9.17, 15) is 22.0 Å². The van der Waals surface area contributed by atoms with Crippen molar-refractivity contribution in [3.8, 4) is 0 Å². The number of nitrogens with zero attached hydrogens (tertiary/aromatic N) is 3. The maximum atomic E-state index is 13.2. The highest BCUT2D eigenvalue weighted by Crippen LogP contribution is 2.30. The van der Waals surface area contributed by atoms with Crippen molar-refractivity contribution in [2.45, 2.75) is 6.18 Å². The van der Waals surface area contributed by atoms with Crippen molar-refractivity contribution in [2.75, 3.05) is 10.6 Å². The van der Waals surface area contributed by atoms with Crippen LogP contribution in [0.25, 0.3) is 0 Å². The third-order valence-corrected chi connectivity index (χ3v) is 3.22. The maximum absolute atomic E-state index is 13.2. The Kier molecular flexibility index (Phi) is 4.65. The highest BCUT2D eigenvalue weighted by molar-refractivity contribution is 5.59. The van der Waals surface area contributed by atoms with Gasteiger partial charge in [0, 0.05) is 17.4 Å². The number of alkyl halides is 3. The predicted octanol–water partition coefficient (Wildman–Crippen LogP) is 4.66. The Morgan fingerprint density at radius 3 is 2.15 bits per heavy atom. The molecule has 0 spiro atoms. The zero-order valence-corrected chi connectivity index (χ0v) is 12.9. The molecule has 134 valence electrons. The van der Waals surface area contributed by atoms with Gasteiger partial charge in [0.15, 0.2) is 17.5 Å². The summed E-state index contributed by atoms with van der Waals surface area (Å²) in [6.07, 6.45) is -3.16. The summed E-state index contributed by atoms with van der Waals surface area (Å²) in [6.45, 7) is 0. The molecule has 0 atom stereocenters. The van der Waals surface area contributed by atoms with E-state index in [1.807, 2.05) is 0 Å². The van der Waals surface area contributed by atoms with Gasteiger partial charge in [-0.3, -0.25) is 0 Å². The molecule has 0 unspecified atom stereocenters. The topological polar surface area (TPSA) is 62.7 Å². The number of aromatic nitrogens is 3. The van der Waals surface area contributed by atoms with Crippen molar-refractivity contribution in [3.05, 3.63) is 65.9 Å². The third-order valence-electron chi connectivity index (χ3n) is 3.22. The molecule has 0 aliphatic rings. The molecule has 5 nitrogen and oxygen atoms in total. The molecule has 0 saturated carbocycles. The zero-order valence-electron chi connectivity index (χ0n) is 12.9. The van der Waals surface area contributed by atoms with Crippen LogP contribution in [-0.2, 0) is 6.18 Å². The molecule has 0 bridgehead atoms. The molecular formula is C16H10F5N5. The van der Waals surface area contributed by atoms with Crippen molar-refractivity contribution >= 4 is 23.1 Å². The van der Waals surface area contributed by atoms with E-state index in [0.29, 0.717) is 5.69 Å². The molecule has 26 heavy (non-hydrogen) atoms. The van der Waals surface area contributed by atoms with Crippen LogP contribution in [0.4, 0.5) is 45.1 Å². The summed E-state index contributed by atoms with van der Waals surface area (Å²) in [6, 6.07) is 7.50. The van der Waals surface area contributed by atoms with Crippen LogP contribution in [0.15, 0.2) is 48.7 Å². The molecule has 0 radical (unpaired) electrons. The molecule has 0 aliphatic carbocycles. The van der Waals surface area contributed by atoms with Crippen LogP contribution in [0.1, 0.15) is 5.56 Å². The van der Waals surface area contributed by atoms with Gasteiger partial charge < -0.3 is 10.6 Å². The van der Waals surface area contributed by atoms with E-state index in [1.54, 1.807) is 0 Å². The van der Waals surface area contributed by atoms with Crippen LogP contribution in [-0.4, -0.2) is 15.2 Å². The number of halogens is 5. The lowest BCUT2D eigenvalue weighted by atomic mass is 10.2. The van der Waals surface area contributed by atoms with Crippen LogP contribution >= 0.6 is 0 Å². The second-order valence-electron chi connectivity index (χ2n) is 5.12. The normalized spacial score (nSPS) is 11.3. The Morgan fingerprint density at radius 2 is 1.50 bits per heavy atom. The Balaban J connectivity index is 1.73. The van der Waals surface area contributed by atoms with Gasteiger partial charge in [-0.2, -0.15) is 23.3 Å². The Labute approximate surface area is 143 Å². The van der Waals surface area contributed by atoms with Crippen molar-refractivity contribution in [3.63, 3.8) is 0 Å². The number of anilines is 4. The highest BCUT2D eigenvalue weighted by atomic mass is 19.4. The SMILES string of the molecule is Fc1ccc(Nc2nncc(Nc3ccc(C(F)(F)F)cc3)n2)cc1F. The van der Waals surface area contributed by atoms with E-state index in [1.165, 1.54) is 24.4 Å². The lowest BCUT2D eigenvalue weighted by molar-refractivity contribution is -0.137. The maximum Gasteiger partial charge on any atom is 0.416 e. The lowest BCUT2D eigenvalue weighted by Crippen LogP contribution is -2.05. The van der Waals surface area contributed by atoms with E-state index in [2.05, 4.69) is 25.8 Å². The van der Waals surface area contributed by atoms with Gasteiger partial charge in [-0.05, 0) is 36.4 Å². The second kappa shape index (κ2) is 6.90. The van der Waals surface area contributed by atoms with Gasteiger partial charge in [0.1, 0.15) is 0 Å². The first-order valence-electron chi connectivity index (χ1n) is 7.17. The summed E-state index contributed by atoms with van der Waals surface area (Å²) in [4.78, 5) is 4.05. The highest BCUT2D eigenvalue weighted by Gasteiger charge is 2.29. The van der Waals surface area contributed by atoms with Gasteiger partial charge in [-0.15, -0.1) is 5.10 Å². The Hall–Kier alpha value is -3.30. The summed E-state index contributed by atoms with van der Waals surface area (Å²) in [5.74, 6) is -1.84. The smallest absolute Gasteiger partial charge is 0.339 e. The predicted molar refractivity (Wildman–Crippen MR) is 84.2 cm³/mol. The van der Waals surface area contributed by atoms with Crippen LogP contribution in [0.3, 0.4) is 0 Å². The minimum absolute atomic E-state index is 0.00656. The summed E-state index contributed by atoms with van der Waals surface area (Å²) >= 11 is 0. The van der Waals surface area contributed by atoms with Gasteiger partial charge in [-0.1, -0.05) is 0 Å². The van der Waals surface area contributed by atoms with E-state index in [4.69, 9.17) is 0 Å². The van der Waals surface area contributed by atoms with Crippen LogP contribution in [0.5, 0.6) is 0 Å². The molecular weight excluding hydrogens is 357 g/mol. The first-order valence-corrected chi connectivity index (χ1v) is 7.17. The fraction of sp³-hybridized carbons (Fsp3) is 0.0625. The number of benzene rings is 2. The summed E-state index contributed by atoms with van der Waals surface area (Å²) < 4.78 is 63.8. The minimum atomic E-state index is -4.42. The zero-order chi connectivity index (χ0) is 18.7. The number of hydrogen-bond acceptors (Lipinski definition) is 5. The molecule has 0 amide bonds. The second-order valence-corrected chi connectivity index (χ2v) is 5.12. The van der Waals surface area contributed by atoms with E-state index in [0.717, 1.165) is 24.3 Å². The average molecular weight is 367 g/mol. The molecule has 3 rings (SSSR count). The van der Waals surface area contributed by atoms with Crippen LogP contribution in [0.2, 0.25) is 0 Å². The van der Waals surface area contributed by atoms with Crippen molar-refractivity contribution in [1.82, 2.24) is 15.2 Å². The van der Waals surface area contributed by atoms with Crippen molar-refractivity contribution in [2.24, 2.45) is 0 Å². The molecule has 1 heterocycles. The quantitative estimate of drug-likeness (QED) is 0.657. The molecule has 2 N–H and O–H groups in total. The molecule has 0 aliphatic heterocycles. The molecule has 1 aromatic heterocycles. The van der Waals surface area contributed by atoms with Gasteiger partial charge in [0.25, 0.3) is 0 Å². The van der Waals surface area contributed by atoms with E-state index in [-0.39, 0.29) is 17.5 Å². The number of rotatable bonds is 4. The van der Waals surface area contributed by atoms with Crippen molar-refractivity contribution < 1.29 is 22.0 Å². The van der Waals surface area contributed by atoms with Gasteiger partial charge in [-0.25, -0.2) is 8.78 Å². The van der Waals surface area contributed by atoms with Crippen LogP contribution in [0, 0.1) is 11.6 Å². The standard InChI is InChI=1S/C16H10F5N5/c17-12-6-5-11(7-13(12)18)24-15-25-14(8-22-26-15)23-10-3-1-9(2-4-10)16(19,20)21/h1-8H,(H2,23,24,25,26). The fourth-order valence-corrected chi connectivity index (χ4v) is 2.01. The molecule has 10 heteroatoms. The summed E-state index contributed by atoms with van der Waals surface area (Å²) in [5.41, 5.74) is -0.209. The summed E-state index contributed by atoms with van der Waals surface area (Å²) in [7, 11) is 0. The van der Waals surface area contributed by atoms with E-state index >= 15 is 0 Å². The minimum Gasteiger partial charge on any atom is -0.339 e.